The van der Waals surface area contributed by atoms with Crippen LogP contribution in [0.2, 0.25) is 0 Å². The molecule has 2 atom stereocenters. The van der Waals surface area contributed by atoms with Crippen molar-refractivity contribution in [3.05, 3.63) is 95.1 Å². The van der Waals surface area contributed by atoms with Crippen molar-refractivity contribution in [3.63, 3.8) is 0 Å². The number of nitrogens with zero attached hydrogens (tertiary/aromatic N) is 1. The van der Waals surface area contributed by atoms with E-state index < -0.39 is 53.6 Å². The third-order valence-corrected chi connectivity index (χ3v) is 6.66. The lowest BCUT2D eigenvalue weighted by Gasteiger charge is -2.28. The minimum absolute atomic E-state index is 0.0221. The molecule has 4 rings (SSSR count). The standard InChI is InChI=1S/C31H33F3N4O3/c1-19-9-8-12-22(15-19)35-29(41)36-25-17-24(20-10-6-5-7-11-20)23-14-13-21(31(32,33)34)16-26(23)38(28(25)40)18-27(39)37-30(2,3)4/h5-16,24-25H,17-18H2,1-4H3,(H,37,39)(H2,35,36,41). The van der Waals surface area contributed by atoms with Crippen LogP contribution in [0.4, 0.5) is 29.3 Å². The van der Waals surface area contributed by atoms with Crippen molar-refractivity contribution in [3.8, 4) is 0 Å². The van der Waals surface area contributed by atoms with E-state index in [1.165, 1.54) is 6.07 Å². The van der Waals surface area contributed by atoms with E-state index in [9.17, 15) is 27.6 Å². The van der Waals surface area contributed by atoms with Gasteiger partial charge in [-0.15, -0.1) is 0 Å². The quantitative estimate of drug-likeness (QED) is 0.355. The second-order valence-electron chi connectivity index (χ2n) is 11.2. The number of benzene rings is 3. The lowest BCUT2D eigenvalue weighted by atomic mass is 9.85. The number of hydrogen-bond acceptors (Lipinski definition) is 3. The highest BCUT2D eigenvalue weighted by molar-refractivity contribution is 6.05. The Labute approximate surface area is 237 Å². The summed E-state index contributed by atoms with van der Waals surface area (Å²) in [6.45, 7) is 6.63. The predicted octanol–water partition coefficient (Wildman–Crippen LogP) is 5.99. The molecule has 0 fully saturated rings. The molecule has 41 heavy (non-hydrogen) atoms. The lowest BCUT2D eigenvalue weighted by Crippen LogP contribution is -2.53. The number of carbonyl (C=O) groups is 3. The molecular formula is C31H33F3N4O3. The van der Waals surface area contributed by atoms with Gasteiger partial charge in [0, 0.05) is 22.8 Å². The fourth-order valence-corrected chi connectivity index (χ4v) is 4.95. The van der Waals surface area contributed by atoms with E-state index in [2.05, 4.69) is 16.0 Å². The molecule has 4 amide bonds. The Bertz CT molecular complexity index is 1430. The number of aryl methyl sites for hydroxylation is 1. The van der Waals surface area contributed by atoms with Crippen LogP contribution in [0.25, 0.3) is 0 Å². The molecule has 216 valence electrons. The van der Waals surface area contributed by atoms with Crippen LogP contribution in [0.15, 0.2) is 72.8 Å². The summed E-state index contributed by atoms with van der Waals surface area (Å²) < 4.78 is 41.5. The van der Waals surface area contributed by atoms with Crippen LogP contribution in [0, 0.1) is 6.92 Å². The van der Waals surface area contributed by atoms with Gasteiger partial charge in [-0.25, -0.2) is 4.79 Å². The third-order valence-electron chi connectivity index (χ3n) is 6.66. The molecule has 3 aromatic rings. The summed E-state index contributed by atoms with van der Waals surface area (Å²) in [6, 6.07) is 17.6. The van der Waals surface area contributed by atoms with Gasteiger partial charge in [-0.2, -0.15) is 13.2 Å². The molecule has 0 aromatic heterocycles. The summed E-state index contributed by atoms with van der Waals surface area (Å²) in [7, 11) is 0. The molecule has 3 N–H and O–H groups in total. The highest BCUT2D eigenvalue weighted by atomic mass is 19.4. The first-order valence-electron chi connectivity index (χ1n) is 13.2. The zero-order valence-electron chi connectivity index (χ0n) is 23.3. The number of anilines is 2. The van der Waals surface area contributed by atoms with Crippen molar-refractivity contribution in [2.24, 2.45) is 0 Å². The van der Waals surface area contributed by atoms with E-state index in [1.807, 2.05) is 31.2 Å². The molecule has 1 aliphatic rings. The molecule has 0 spiro atoms. The van der Waals surface area contributed by atoms with Gasteiger partial charge in [-0.3, -0.25) is 9.59 Å². The van der Waals surface area contributed by atoms with Crippen LogP contribution in [0.5, 0.6) is 0 Å². The Hall–Kier alpha value is -4.34. The second kappa shape index (κ2) is 11.6. The van der Waals surface area contributed by atoms with E-state index in [4.69, 9.17) is 0 Å². The zero-order chi connectivity index (χ0) is 29.9. The van der Waals surface area contributed by atoms with E-state index in [0.717, 1.165) is 28.2 Å². The molecule has 2 unspecified atom stereocenters. The topological polar surface area (TPSA) is 90.5 Å². The van der Waals surface area contributed by atoms with E-state index in [1.54, 1.807) is 51.1 Å². The SMILES string of the molecule is Cc1cccc(NC(=O)NC2CC(c3ccccc3)c3ccc(C(F)(F)F)cc3N(CC(=O)NC(C)(C)C)C2=O)c1. The van der Waals surface area contributed by atoms with Gasteiger partial charge in [0.1, 0.15) is 12.6 Å². The second-order valence-corrected chi connectivity index (χ2v) is 11.2. The minimum Gasteiger partial charge on any atom is -0.350 e. The molecule has 0 aliphatic carbocycles. The molecule has 0 saturated heterocycles. The number of halogens is 3. The number of nitrogens with one attached hydrogen (secondary N) is 3. The maximum absolute atomic E-state index is 14.0. The van der Waals surface area contributed by atoms with Gasteiger partial charge < -0.3 is 20.9 Å². The number of amides is 4. The van der Waals surface area contributed by atoms with Crippen molar-refractivity contribution in [1.82, 2.24) is 10.6 Å². The molecule has 1 aliphatic heterocycles. The van der Waals surface area contributed by atoms with Crippen LogP contribution in [0.3, 0.4) is 0 Å². The Morgan fingerprint density at radius 1 is 0.951 bits per heavy atom. The fourth-order valence-electron chi connectivity index (χ4n) is 4.95. The fraction of sp³-hybridized carbons (Fsp3) is 0.323. The smallest absolute Gasteiger partial charge is 0.350 e. The van der Waals surface area contributed by atoms with Crippen molar-refractivity contribution in [2.75, 3.05) is 16.8 Å². The first kappa shape index (κ1) is 29.6. The molecular weight excluding hydrogens is 533 g/mol. The van der Waals surface area contributed by atoms with Crippen LogP contribution in [-0.2, 0) is 15.8 Å². The van der Waals surface area contributed by atoms with Crippen molar-refractivity contribution < 1.29 is 27.6 Å². The van der Waals surface area contributed by atoms with Gasteiger partial charge in [0.05, 0.1) is 5.56 Å². The monoisotopic (exact) mass is 566 g/mol. The molecule has 0 saturated carbocycles. The van der Waals surface area contributed by atoms with E-state index >= 15 is 0 Å². The van der Waals surface area contributed by atoms with Gasteiger partial charge in [0.15, 0.2) is 0 Å². The van der Waals surface area contributed by atoms with Crippen LogP contribution in [0.1, 0.15) is 55.4 Å². The van der Waals surface area contributed by atoms with E-state index in [-0.39, 0.29) is 12.1 Å². The predicted molar refractivity (Wildman–Crippen MR) is 152 cm³/mol. The average Bonchev–Trinajstić information content (AvgIpc) is 2.98. The van der Waals surface area contributed by atoms with Gasteiger partial charge >= 0.3 is 12.2 Å². The van der Waals surface area contributed by atoms with Gasteiger partial charge in [0.2, 0.25) is 11.8 Å². The maximum atomic E-state index is 14.0. The van der Waals surface area contributed by atoms with Crippen molar-refractivity contribution in [1.29, 1.82) is 0 Å². The van der Waals surface area contributed by atoms with Crippen LogP contribution >= 0.6 is 0 Å². The largest absolute Gasteiger partial charge is 0.416 e. The van der Waals surface area contributed by atoms with Crippen molar-refractivity contribution >= 4 is 29.2 Å². The summed E-state index contributed by atoms with van der Waals surface area (Å²) in [5.74, 6) is -1.78. The number of fused-ring (bicyclic) bond motifs is 1. The normalized spacial score (nSPS) is 17.3. The zero-order valence-corrected chi connectivity index (χ0v) is 23.3. The summed E-state index contributed by atoms with van der Waals surface area (Å²) in [5, 5.41) is 8.19. The molecule has 3 aromatic carbocycles. The van der Waals surface area contributed by atoms with Crippen LogP contribution < -0.4 is 20.9 Å². The maximum Gasteiger partial charge on any atom is 0.416 e. The molecule has 1 heterocycles. The first-order valence-corrected chi connectivity index (χ1v) is 13.2. The molecule has 0 bridgehead atoms. The number of urea groups is 1. The summed E-state index contributed by atoms with van der Waals surface area (Å²) in [5.41, 5.74) is 1.04. The highest BCUT2D eigenvalue weighted by Crippen LogP contribution is 2.42. The highest BCUT2D eigenvalue weighted by Gasteiger charge is 2.40. The number of alkyl halides is 3. The summed E-state index contributed by atoms with van der Waals surface area (Å²) >= 11 is 0. The van der Waals surface area contributed by atoms with Crippen molar-refractivity contribution in [2.45, 2.75) is 57.8 Å². The van der Waals surface area contributed by atoms with Crippen LogP contribution in [-0.4, -0.2) is 36.0 Å². The minimum atomic E-state index is -4.67. The lowest BCUT2D eigenvalue weighted by molar-refractivity contribution is -0.137. The number of carbonyl (C=O) groups excluding carboxylic acids is 3. The molecule has 7 nitrogen and oxygen atoms in total. The Morgan fingerprint density at radius 2 is 1.66 bits per heavy atom. The molecule has 0 radical (unpaired) electrons. The Kier molecular flexibility index (Phi) is 8.42. The number of rotatable bonds is 5. The molecule has 10 heteroatoms. The van der Waals surface area contributed by atoms with E-state index in [0.29, 0.717) is 11.3 Å². The first-order chi connectivity index (χ1) is 19.2. The third kappa shape index (κ3) is 7.45. The van der Waals surface area contributed by atoms with Gasteiger partial charge in [-0.1, -0.05) is 48.5 Å². The Morgan fingerprint density at radius 3 is 2.29 bits per heavy atom. The summed E-state index contributed by atoms with van der Waals surface area (Å²) in [4.78, 5) is 41.1. The Balaban J connectivity index is 1.78. The average molecular weight is 567 g/mol. The summed E-state index contributed by atoms with van der Waals surface area (Å²) in [6.07, 6.45) is -4.60. The number of hydrogen-bond donors (Lipinski definition) is 3. The van der Waals surface area contributed by atoms with Gasteiger partial charge in [-0.05, 0) is 75.1 Å². The van der Waals surface area contributed by atoms with Gasteiger partial charge in [0.25, 0.3) is 0 Å².